The van der Waals surface area contributed by atoms with Crippen LogP contribution in [0.15, 0.2) is 58.3 Å². The van der Waals surface area contributed by atoms with E-state index in [0.717, 1.165) is 24.4 Å². The van der Waals surface area contributed by atoms with Crippen molar-refractivity contribution in [2.24, 2.45) is 5.92 Å². The Hall–Kier alpha value is -1.78. The van der Waals surface area contributed by atoms with Gasteiger partial charge < -0.3 is 13.9 Å². The molecule has 2 N–H and O–H groups in total. The molecule has 0 unspecified atom stereocenters. The van der Waals surface area contributed by atoms with Crippen LogP contribution < -0.4 is 5.32 Å². The molecule has 1 saturated heterocycles. The maximum Gasteiger partial charge on any atom is 0.121 e. The van der Waals surface area contributed by atoms with Gasteiger partial charge in [-0.2, -0.15) is 0 Å². The molecule has 3 heterocycles. The van der Waals surface area contributed by atoms with Crippen LogP contribution >= 0.6 is 0 Å². The first-order valence-electron chi connectivity index (χ1n) is 8.34. The minimum Gasteiger partial charge on any atom is -0.468 e. The highest BCUT2D eigenvalue weighted by Crippen LogP contribution is 2.47. The first-order valence-corrected chi connectivity index (χ1v) is 8.34. The SMILES string of the molecule is C=CC[C@]1(O)C[C@H](c2ccco2)N[C@@H](c2ccco2)[C@H]1CCC. The van der Waals surface area contributed by atoms with E-state index in [1.165, 1.54) is 0 Å². The number of furan rings is 2. The van der Waals surface area contributed by atoms with E-state index in [1.54, 1.807) is 12.5 Å². The van der Waals surface area contributed by atoms with Crippen LogP contribution in [0.5, 0.6) is 0 Å². The van der Waals surface area contributed by atoms with Crippen molar-refractivity contribution in [1.29, 1.82) is 0 Å². The lowest BCUT2D eigenvalue weighted by Crippen LogP contribution is -2.52. The maximum atomic E-state index is 11.4. The predicted molar refractivity (Wildman–Crippen MR) is 88.8 cm³/mol. The summed E-state index contributed by atoms with van der Waals surface area (Å²) in [6, 6.07) is 7.61. The van der Waals surface area contributed by atoms with Crippen molar-refractivity contribution in [3.8, 4) is 0 Å². The van der Waals surface area contributed by atoms with E-state index in [9.17, 15) is 5.11 Å². The van der Waals surface area contributed by atoms with Crippen molar-refractivity contribution >= 4 is 0 Å². The van der Waals surface area contributed by atoms with E-state index in [0.29, 0.717) is 12.8 Å². The van der Waals surface area contributed by atoms with Gasteiger partial charge in [0, 0.05) is 5.92 Å². The molecule has 1 aliphatic rings. The summed E-state index contributed by atoms with van der Waals surface area (Å²) in [5.41, 5.74) is -0.822. The summed E-state index contributed by atoms with van der Waals surface area (Å²) < 4.78 is 11.2. The highest BCUT2D eigenvalue weighted by atomic mass is 16.3. The highest BCUT2D eigenvalue weighted by molar-refractivity contribution is 5.17. The summed E-state index contributed by atoms with van der Waals surface area (Å²) in [5.74, 6) is 1.78. The molecule has 0 amide bonds. The normalized spacial score (nSPS) is 31.1. The Morgan fingerprint density at radius 1 is 1.30 bits per heavy atom. The van der Waals surface area contributed by atoms with Crippen molar-refractivity contribution in [2.75, 3.05) is 0 Å². The lowest BCUT2D eigenvalue weighted by Gasteiger charge is -2.47. The molecule has 124 valence electrons. The third kappa shape index (κ3) is 3.14. The summed E-state index contributed by atoms with van der Waals surface area (Å²) in [6.07, 6.45) is 8.27. The van der Waals surface area contributed by atoms with Gasteiger partial charge in [-0.1, -0.05) is 19.4 Å². The Kier molecular flexibility index (Phi) is 4.74. The van der Waals surface area contributed by atoms with Crippen LogP contribution in [0.4, 0.5) is 0 Å². The second kappa shape index (κ2) is 6.77. The Labute approximate surface area is 137 Å². The zero-order chi connectivity index (χ0) is 16.3. The van der Waals surface area contributed by atoms with E-state index in [1.807, 2.05) is 30.3 Å². The van der Waals surface area contributed by atoms with Crippen LogP contribution in [0, 0.1) is 5.92 Å². The molecule has 4 atom stereocenters. The standard InChI is InChI=1S/C19H25NO3/c1-3-7-14-18(17-9-6-12-23-17)20-15(16-8-5-11-22-16)13-19(14,21)10-4-2/h4-6,8-9,11-12,14-15,18,20-21H,2-3,7,10,13H2,1H3/t14-,15-,18-,19+/m1/s1. The van der Waals surface area contributed by atoms with Gasteiger partial charge >= 0.3 is 0 Å². The topological polar surface area (TPSA) is 58.5 Å². The Balaban J connectivity index is 1.97. The fourth-order valence-corrected chi connectivity index (χ4v) is 3.86. The molecule has 4 nitrogen and oxygen atoms in total. The zero-order valence-electron chi connectivity index (χ0n) is 13.6. The van der Waals surface area contributed by atoms with E-state index in [-0.39, 0.29) is 18.0 Å². The van der Waals surface area contributed by atoms with Gasteiger partial charge in [-0.05, 0) is 43.5 Å². The van der Waals surface area contributed by atoms with Gasteiger partial charge in [0.05, 0.1) is 30.2 Å². The number of rotatable bonds is 6. The van der Waals surface area contributed by atoms with Crippen LogP contribution in [0.1, 0.15) is 56.2 Å². The fraction of sp³-hybridized carbons (Fsp3) is 0.474. The van der Waals surface area contributed by atoms with E-state index < -0.39 is 5.60 Å². The van der Waals surface area contributed by atoms with Gasteiger partial charge in [-0.3, -0.25) is 5.32 Å². The molecule has 2 aromatic rings. The Morgan fingerprint density at radius 2 is 2.00 bits per heavy atom. The monoisotopic (exact) mass is 315 g/mol. The van der Waals surface area contributed by atoms with Gasteiger partial charge in [-0.25, -0.2) is 0 Å². The molecule has 23 heavy (non-hydrogen) atoms. The van der Waals surface area contributed by atoms with Crippen molar-refractivity contribution in [2.45, 2.75) is 50.3 Å². The molecule has 0 spiro atoms. The lowest BCUT2D eigenvalue weighted by atomic mass is 9.69. The van der Waals surface area contributed by atoms with Crippen LogP contribution in [0.25, 0.3) is 0 Å². The number of nitrogens with one attached hydrogen (secondary N) is 1. The summed E-state index contributed by atoms with van der Waals surface area (Å²) in [5, 5.41) is 15.0. The quantitative estimate of drug-likeness (QED) is 0.777. The molecule has 0 radical (unpaired) electrons. The highest BCUT2D eigenvalue weighted by Gasteiger charge is 2.48. The largest absolute Gasteiger partial charge is 0.468 e. The minimum atomic E-state index is -0.822. The lowest BCUT2D eigenvalue weighted by molar-refractivity contribution is -0.0815. The molecular weight excluding hydrogens is 290 g/mol. The summed E-state index contributed by atoms with van der Waals surface area (Å²) in [4.78, 5) is 0. The predicted octanol–water partition coefficient (Wildman–Crippen LogP) is 4.37. The average Bonchev–Trinajstić information content (AvgIpc) is 3.22. The van der Waals surface area contributed by atoms with Crippen molar-refractivity contribution in [3.63, 3.8) is 0 Å². The second-order valence-corrected chi connectivity index (χ2v) is 6.42. The number of hydrogen-bond donors (Lipinski definition) is 2. The van der Waals surface area contributed by atoms with Crippen LogP contribution in [0.3, 0.4) is 0 Å². The molecule has 3 rings (SSSR count). The van der Waals surface area contributed by atoms with Gasteiger partial charge in [0.1, 0.15) is 11.5 Å². The van der Waals surface area contributed by atoms with Crippen molar-refractivity contribution < 1.29 is 13.9 Å². The van der Waals surface area contributed by atoms with Crippen LogP contribution in [0.2, 0.25) is 0 Å². The van der Waals surface area contributed by atoms with E-state index in [4.69, 9.17) is 8.83 Å². The molecule has 4 heteroatoms. The molecule has 0 bridgehead atoms. The van der Waals surface area contributed by atoms with Crippen molar-refractivity contribution in [1.82, 2.24) is 5.32 Å². The number of aliphatic hydroxyl groups is 1. The average molecular weight is 315 g/mol. The molecule has 0 aliphatic carbocycles. The fourth-order valence-electron chi connectivity index (χ4n) is 3.86. The maximum absolute atomic E-state index is 11.4. The second-order valence-electron chi connectivity index (χ2n) is 6.42. The smallest absolute Gasteiger partial charge is 0.121 e. The number of hydrogen-bond acceptors (Lipinski definition) is 4. The van der Waals surface area contributed by atoms with Crippen LogP contribution in [-0.4, -0.2) is 10.7 Å². The number of piperidine rings is 1. The Morgan fingerprint density at radius 3 is 2.57 bits per heavy atom. The molecule has 2 aromatic heterocycles. The van der Waals surface area contributed by atoms with Gasteiger partial charge in [0.2, 0.25) is 0 Å². The summed E-state index contributed by atoms with van der Waals surface area (Å²) >= 11 is 0. The van der Waals surface area contributed by atoms with Gasteiger partial charge in [0.25, 0.3) is 0 Å². The van der Waals surface area contributed by atoms with E-state index >= 15 is 0 Å². The third-order valence-electron chi connectivity index (χ3n) is 4.86. The van der Waals surface area contributed by atoms with Crippen molar-refractivity contribution in [3.05, 3.63) is 61.0 Å². The Bertz CT molecular complexity index is 605. The van der Waals surface area contributed by atoms with E-state index in [2.05, 4.69) is 18.8 Å². The summed E-state index contributed by atoms with van der Waals surface area (Å²) in [6.45, 7) is 5.99. The molecule has 1 aliphatic heterocycles. The molecule has 0 saturated carbocycles. The first kappa shape index (κ1) is 16.1. The van der Waals surface area contributed by atoms with Gasteiger partial charge in [-0.15, -0.1) is 6.58 Å². The minimum absolute atomic E-state index is 0.0428. The summed E-state index contributed by atoms with van der Waals surface area (Å²) in [7, 11) is 0. The first-order chi connectivity index (χ1) is 11.2. The zero-order valence-corrected chi connectivity index (χ0v) is 13.6. The van der Waals surface area contributed by atoms with Gasteiger partial charge in [0.15, 0.2) is 0 Å². The molecule has 1 fully saturated rings. The molecule has 0 aromatic carbocycles. The molecular formula is C19H25NO3. The van der Waals surface area contributed by atoms with Crippen LogP contribution in [-0.2, 0) is 0 Å². The third-order valence-corrected chi connectivity index (χ3v) is 4.86.